The number of ether oxygens (including phenoxy) is 2. The number of benzene rings is 2. The molecule has 1 amide bonds. The maximum absolute atomic E-state index is 12.9. The molecule has 0 atom stereocenters. The number of methoxy groups -OCH3 is 2. The Morgan fingerprint density at radius 1 is 1.21 bits per heavy atom. The van der Waals surface area contributed by atoms with Crippen LogP contribution in [0.4, 0.5) is 10.8 Å². The first-order valence-electron chi connectivity index (χ1n) is 10.7. The van der Waals surface area contributed by atoms with Crippen LogP contribution >= 0.6 is 11.3 Å². The standard InChI is InChI=1S/C23H26N4O5S/c1-14-6-8-26(9-7-14)13-15-4-5-17-21(10-15)33-23(24-17)25-22(28)16-11-19(31-2)20(32-3)12-18(16)27(29)30/h4-5,10-12,14H,6-9,13H2,1-3H3,(H,24,25,28). The number of rotatable bonds is 7. The highest BCUT2D eigenvalue weighted by Crippen LogP contribution is 2.35. The van der Waals surface area contributed by atoms with Crippen molar-refractivity contribution in [3.63, 3.8) is 0 Å². The number of thiazole rings is 1. The van der Waals surface area contributed by atoms with Gasteiger partial charge in [0.1, 0.15) is 5.56 Å². The van der Waals surface area contributed by atoms with Crippen molar-refractivity contribution in [2.75, 3.05) is 32.6 Å². The van der Waals surface area contributed by atoms with Gasteiger partial charge in [-0.3, -0.25) is 25.1 Å². The van der Waals surface area contributed by atoms with Crippen LogP contribution in [0.2, 0.25) is 0 Å². The Hall–Kier alpha value is -3.24. The lowest BCUT2D eigenvalue weighted by Gasteiger charge is -2.30. The van der Waals surface area contributed by atoms with E-state index >= 15 is 0 Å². The summed E-state index contributed by atoms with van der Waals surface area (Å²) in [4.78, 5) is 30.7. The number of nitro benzene ring substituents is 1. The van der Waals surface area contributed by atoms with Crippen molar-refractivity contribution in [3.05, 3.63) is 51.6 Å². The molecule has 0 spiro atoms. The van der Waals surface area contributed by atoms with Gasteiger partial charge in [-0.25, -0.2) is 4.98 Å². The number of nitrogens with one attached hydrogen (secondary N) is 1. The summed E-state index contributed by atoms with van der Waals surface area (Å²) in [5, 5.41) is 14.6. The molecule has 0 unspecified atom stereocenters. The smallest absolute Gasteiger partial charge is 0.286 e. The monoisotopic (exact) mass is 470 g/mol. The number of hydrogen-bond acceptors (Lipinski definition) is 8. The number of likely N-dealkylation sites (tertiary alicyclic amines) is 1. The molecular formula is C23H26N4O5S. The molecule has 1 N–H and O–H groups in total. The number of carbonyl (C=O) groups excluding carboxylic acids is 1. The molecule has 0 radical (unpaired) electrons. The predicted molar refractivity (Wildman–Crippen MR) is 127 cm³/mol. The molecule has 174 valence electrons. The summed E-state index contributed by atoms with van der Waals surface area (Å²) >= 11 is 1.34. The second-order valence-electron chi connectivity index (χ2n) is 8.22. The number of piperidine rings is 1. The fourth-order valence-corrected chi connectivity index (χ4v) is 4.89. The van der Waals surface area contributed by atoms with E-state index in [2.05, 4.69) is 34.3 Å². The molecule has 33 heavy (non-hydrogen) atoms. The van der Waals surface area contributed by atoms with Crippen molar-refractivity contribution in [2.45, 2.75) is 26.3 Å². The Labute approximate surface area is 195 Å². The Kier molecular flexibility index (Phi) is 6.75. The SMILES string of the molecule is COc1cc(C(=O)Nc2nc3ccc(CN4CCC(C)CC4)cc3s2)c([N+](=O)[O-])cc1OC. The number of nitro groups is 1. The van der Waals surface area contributed by atoms with Gasteiger partial charge in [0.05, 0.1) is 35.4 Å². The third-order valence-corrected chi connectivity index (χ3v) is 6.83. The molecule has 2 aromatic carbocycles. The molecular weight excluding hydrogens is 444 g/mol. The second-order valence-corrected chi connectivity index (χ2v) is 9.25. The number of hydrogen-bond donors (Lipinski definition) is 1. The van der Waals surface area contributed by atoms with Crippen molar-refractivity contribution in [2.24, 2.45) is 5.92 Å². The number of anilines is 1. The van der Waals surface area contributed by atoms with Crippen LogP contribution in [0.15, 0.2) is 30.3 Å². The summed E-state index contributed by atoms with van der Waals surface area (Å²) in [5.74, 6) is 0.563. The fourth-order valence-electron chi connectivity index (χ4n) is 3.96. The van der Waals surface area contributed by atoms with E-state index in [4.69, 9.17) is 9.47 Å². The molecule has 3 aromatic rings. The first-order chi connectivity index (χ1) is 15.9. The summed E-state index contributed by atoms with van der Waals surface area (Å²) in [6.07, 6.45) is 2.45. The lowest BCUT2D eigenvalue weighted by atomic mass is 9.99. The predicted octanol–water partition coefficient (Wildman–Crippen LogP) is 4.71. The van der Waals surface area contributed by atoms with Crippen molar-refractivity contribution in [3.8, 4) is 11.5 Å². The zero-order valence-electron chi connectivity index (χ0n) is 18.8. The topological polar surface area (TPSA) is 107 Å². The van der Waals surface area contributed by atoms with Gasteiger partial charge in [0, 0.05) is 12.6 Å². The normalized spacial score (nSPS) is 14.9. The second kappa shape index (κ2) is 9.72. The fraction of sp³-hybridized carbons (Fsp3) is 0.391. The molecule has 0 aliphatic carbocycles. The highest BCUT2D eigenvalue weighted by atomic mass is 32.1. The van der Waals surface area contributed by atoms with Gasteiger partial charge in [-0.15, -0.1) is 0 Å². The molecule has 1 aromatic heterocycles. The maximum atomic E-state index is 12.9. The van der Waals surface area contributed by atoms with Crippen LogP contribution in [0.3, 0.4) is 0 Å². The van der Waals surface area contributed by atoms with Crippen molar-refractivity contribution in [1.82, 2.24) is 9.88 Å². The summed E-state index contributed by atoms with van der Waals surface area (Å²) in [6.45, 7) is 5.40. The molecule has 1 aliphatic rings. The van der Waals surface area contributed by atoms with Gasteiger partial charge in [0.25, 0.3) is 11.6 Å². The molecule has 2 heterocycles. The van der Waals surface area contributed by atoms with Gasteiger partial charge >= 0.3 is 0 Å². The van der Waals surface area contributed by atoms with Crippen LogP contribution in [-0.4, -0.2) is 48.0 Å². The van der Waals surface area contributed by atoms with E-state index in [0.717, 1.165) is 35.8 Å². The van der Waals surface area contributed by atoms with Gasteiger partial charge in [0.15, 0.2) is 16.6 Å². The molecule has 1 fully saturated rings. The van der Waals surface area contributed by atoms with Crippen LogP contribution < -0.4 is 14.8 Å². The number of carbonyl (C=O) groups is 1. The zero-order valence-corrected chi connectivity index (χ0v) is 19.6. The number of amides is 1. The average Bonchev–Trinajstić information content (AvgIpc) is 3.20. The van der Waals surface area contributed by atoms with E-state index in [1.54, 1.807) is 0 Å². The van der Waals surface area contributed by atoms with E-state index in [0.29, 0.717) is 5.13 Å². The maximum Gasteiger partial charge on any atom is 0.286 e. The molecule has 0 bridgehead atoms. The number of fused-ring (bicyclic) bond motifs is 1. The van der Waals surface area contributed by atoms with E-state index in [1.165, 1.54) is 56.1 Å². The number of nitrogens with zero attached hydrogens (tertiary/aromatic N) is 3. The van der Waals surface area contributed by atoms with Gasteiger partial charge < -0.3 is 9.47 Å². The summed E-state index contributed by atoms with van der Waals surface area (Å²) in [7, 11) is 2.78. The molecule has 4 rings (SSSR count). The van der Waals surface area contributed by atoms with Crippen LogP contribution in [-0.2, 0) is 6.54 Å². The van der Waals surface area contributed by atoms with Crippen LogP contribution in [0.25, 0.3) is 10.2 Å². The van der Waals surface area contributed by atoms with Crippen molar-refractivity contribution < 1.29 is 19.2 Å². The minimum atomic E-state index is -0.635. The summed E-state index contributed by atoms with van der Waals surface area (Å²) in [6, 6.07) is 8.59. The average molecular weight is 471 g/mol. The van der Waals surface area contributed by atoms with E-state index in [-0.39, 0.29) is 22.7 Å². The molecule has 9 nitrogen and oxygen atoms in total. The molecule has 10 heteroatoms. The molecule has 1 aliphatic heterocycles. The largest absolute Gasteiger partial charge is 0.493 e. The van der Waals surface area contributed by atoms with Crippen molar-refractivity contribution in [1.29, 1.82) is 0 Å². The first-order valence-corrected chi connectivity index (χ1v) is 11.5. The van der Waals surface area contributed by atoms with Crippen LogP contribution in [0, 0.1) is 16.0 Å². The van der Waals surface area contributed by atoms with Gasteiger partial charge in [-0.1, -0.05) is 24.3 Å². The Bertz CT molecular complexity index is 1190. The number of aromatic nitrogens is 1. The molecule has 0 saturated carbocycles. The summed E-state index contributed by atoms with van der Waals surface area (Å²) < 4.78 is 11.3. The minimum Gasteiger partial charge on any atom is -0.493 e. The van der Waals surface area contributed by atoms with E-state index in [1.807, 2.05) is 6.07 Å². The third kappa shape index (κ3) is 5.07. The first kappa shape index (κ1) is 22.9. The quantitative estimate of drug-likeness (QED) is 0.394. The third-order valence-electron chi connectivity index (χ3n) is 5.90. The van der Waals surface area contributed by atoms with Crippen LogP contribution in [0.1, 0.15) is 35.7 Å². The van der Waals surface area contributed by atoms with E-state index in [9.17, 15) is 14.9 Å². The zero-order chi connectivity index (χ0) is 23.5. The van der Waals surface area contributed by atoms with E-state index < -0.39 is 10.8 Å². The molecule has 1 saturated heterocycles. The highest BCUT2D eigenvalue weighted by molar-refractivity contribution is 7.22. The lowest BCUT2D eigenvalue weighted by molar-refractivity contribution is -0.385. The lowest BCUT2D eigenvalue weighted by Crippen LogP contribution is -2.32. The Morgan fingerprint density at radius 2 is 1.91 bits per heavy atom. The van der Waals surface area contributed by atoms with Gasteiger partial charge in [-0.05, 0) is 49.5 Å². The van der Waals surface area contributed by atoms with Gasteiger partial charge in [0.2, 0.25) is 0 Å². The Morgan fingerprint density at radius 3 is 2.58 bits per heavy atom. The Balaban J connectivity index is 1.54. The van der Waals surface area contributed by atoms with Gasteiger partial charge in [-0.2, -0.15) is 0 Å². The van der Waals surface area contributed by atoms with Crippen LogP contribution in [0.5, 0.6) is 11.5 Å². The van der Waals surface area contributed by atoms with Crippen molar-refractivity contribution >= 4 is 38.3 Å². The highest BCUT2D eigenvalue weighted by Gasteiger charge is 2.25. The minimum absolute atomic E-state index is 0.128. The summed E-state index contributed by atoms with van der Waals surface area (Å²) in [5.41, 5.74) is 1.48.